The second-order valence-corrected chi connectivity index (χ2v) is 2.76. The number of hydrogen-bond donors (Lipinski definition) is 2. The van der Waals surface area contributed by atoms with Crippen LogP contribution in [0.1, 0.15) is 20.8 Å². The van der Waals surface area contributed by atoms with Crippen LogP contribution in [-0.2, 0) is 9.59 Å². The standard InChI is InChI=1S/C6H13N3O2/c1-5(11)9(8-7)6(2,3)4-10/h4,8H,7H2,1-3H3. The molecule has 1 amide bonds. The van der Waals surface area contributed by atoms with E-state index in [1.54, 1.807) is 13.8 Å². The van der Waals surface area contributed by atoms with E-state index in [9.17, 15) is 9.59 Å². The molecule has 0 saturated carbocycles. The maximum atomic E-state index is 10.8. The highest BCUT2D eigenvalue weighted by atomic mass is 16.2. The highest BCUT2D eigenvalue weighted by Gasteiger charge is 2.27. The van der Waals surface area contributed by atoms with E-state index in [1.165, 1.54) is 6.92 Å². The Labute approximate surface area is 65.5 Å². The van der Waals surface area contributed by atoms with E-state index in [4.69, 9.17) is 5.84 Å². The number of nitrogens with two attached hydrogens (primary N) is 1. The first kappa shape index (κ1) is 10.1. The molecule has 0 aliphatic rings. The van der Waals surface area contributed by atoms with Crippen LogP contribution in [0.3, 0.4) is 0 Å². The molecule has 0 heterocycles. The number of hydrogen-bond acceptors (Lipinski definition) is 4. The fourth-order valence-electron chi connectivity index (χ4n) is 0.716. The van der Waals surface area contributed by atoms with Crippen molar-refractivity contribution in [1.29, 1.82) is 0 Å². The number of carbonyl (C=O) groups is 2. The van der Waals surface area contributed by atoms with Crippen LogP contribution in [0.15, 0.2) is 0 Å². The van der Waals surface area contributed by atoms with Gasteiger partial charge in [-0.05, 0) is 13.8 Å². The van der Waals surface area contributed by atoms with Crippen molar-refractivity contribution in [2.45, 2.75) is 26.3 Å². The Morgan fingerprint density at radius 2 is 2.09 bits per heavy atom. The average Bonchev–Trinajstić information content (AvgIpc) is 1.88. The molecule has 0 rings (SSSR count). The van der Waals surface area contributed by atoms with Gasteiger partial charge in [0.25, 0.3) is 0 Å². The van der Waals surface area contributed by atoms with E-state index in [1.807, 2.05) is 0 Å². The maximum absolute atomic E-state index is 10.8. The molecule has 11 heavy (non-hydrogen) atoms. The van der Waals surface area contributed by atoms with Gasteiger partial charge < -0.3 is 4.79 Å². The van der Waals surface area contributed by atoms with Gasteiger partial charge in [0.2, 0.25) is 5.91 Å². The van der Waals surface area contributed by atoms with Crippen molar-refractivity contribution >= 4 is 12.2 Å². The van der Waals surface area contributed by atoms with Gasteiger partial charge in [-0.3, -0.25) is 15.6 Å². The fourth-order valence-corrected chi connectivity index (χ4v) is 0.716. The number of nitrogens with zero attached hydrogens (tertiary/aromatic N) is 1. The van der Waals surface area contributed by atoms with E-state index < -0.39 is 5.54 Å². The SMILES string of the molecule is CC(=O)N(NN)C(C)(C)C=O. The van der Waals surface area contributed by atoms with E-state index in [2.05, 4.69) is 5.53 Å². The summed E-state index contributed by atoms with van der Waals surface area (Å²) in [5.74, 6) is 4.73. The summed E-state index contributed by atoms with van der Waals surface area (Å²) in [4.78, 5) is 21.2. The quantitative estimate of drug-likeness (QED) is 0.321. The first-order chi connectivity index (χ1) is 4.95. The lowest BCUT2D eigenvalue weighted by molar-refractivity contribution is -0.143. The molecule has 5 nitrogen and oxygen atoms in total. The number of hydrazine groups is 2. The summed E-state index contributed by atoms with van der Waals surface area (Å²) in [6.45, 7) is 4.49. The van der Waals surface area contributed by atoms with Gasteiger partial charge in [0.05, 0.1) is 0 Å². The number of rotatable bonds is 3. The Morgan fingerprint density at radius 3 is 2.18 bits per heavy atom. The minimum absolute atomic E-state index is 0.301. The number of carbonyl (C=O) groups excluding carboxylic acids is 2. The van der Waals surface area contributed by atoms with Crippen molar-refractivity contribution in [2.75, 3.05) is 0 Å². The van der Waals surface area contributed by atoms with Gasteiger partial charge in [-0.15, -0.1) is 0 Å². The Morgan fingerprint density at radius 1 is 1.64 bits per heavy atom. The summed E-state index contributed by atoms with van der Waals surface area (Å²) >= 11 is 0. The van der Waals surface area contributed by atoms with Gasteiger partial charge in [0, 0.05) is 6.92 Å². The largest absolute Gasteiger partial charge is 0.301 e. The highest BCUT2D eigenvalue weighted by Crippen LogP contribution is 2.06. The van der Waals surface area contributed by atoms with Crippen molar-refractivity contribution in [3.8, 4) is 0 Å². The average molecular weight is 159 g/mol. The van der Waals surface area contributed by atoms with E-state index in [-0.39, 0.29) is 5.91 Å². The molecule has 0 saturated heterocycles. The van der Waals surface area contributed by atoms with Crippen LogP contribution >= 0.6 is 0 Å². The van der Waals surface area contributed by atoms with Crippen molar-refractivity contribution in [2.24, 2.45) is 5.84 Å². The zero-order valence-electron chi connectivity index (χ0n) is 6.92. The van der Waals surface area contributed by atoms with E-state index >= 15 is 0 Å². The molecule has 3 N–H and O–H groups in total. The van der Waals surface area contributed by atoms with Crippen LogP contribution < -0.4 is 11.4 Å². The third kappa shape index (κ3) is 2.28. The summed E-state index contributed by atoms with van der Waals surface area (Å²) in [7, 11) is 0. The molecule has 5 heteroatoms. The summed E-state index contributed by atoms with van der Waals surface area (Å²) < 4.78 is 0. The van der Waals surface area contributed by atoms with Gasteiger partial charge >= 0.3 is 0 Å². The molecule has 0 aromatic carbocycles. The maximum Gasteiger partial charge on any atom is 0.235 e. The molecule has 0 radical (unpaired) electrons. The third-order valence-electron chi connectivity index (χ3n) is 1.31. The molecule has 0 atom stereocenters. The monoisotopic (exact) mass is 159 g/mol. The van der Waals surface area contributed by atoms with E-state index in [0.29, 0.717) is 6.29 Å². The van der Waals surface area contributed by atoms with Crippen molar-refractivity contribution < 1.29 is 9.59 Å². The Bertz CT molecular complexity index is 167. The first-order valence-electron chi connectivity index (χ1n) is 3.19. The van der Waals surface area contributed by atoms with E-state index in [0.717, 1.165) is 5.01 Å². The van der Waals surface area contributed by atoms with Crippen LogP contribution in [0, 0.1) is 0 Å². The number of nitrogens with one attached hydrogen (secondary N) is 1. The minimum atomic E-state index is -0.902. The molecule has 0 aliphatic heterocycles. The number of amides is 1. The van der Waals surface area contributed by atoms with Crippen LogP contribution in [-0.4, -0.2) is 22.7 Å². The second-order valence-electron chi connectivity index (χ2n) is 2.76. The predicted molar refractivity (Wildman–Crippen MR) is 40.0 cm³/mol. The molecular formula is C6H13N3O2. The minimum Gasteiger partial charge on any atom is -0.301 e. The predicted octanol–water partition coefficient (Wildman–Crippen LogP) is -0.809. The summed E-state index contributed by atoms with van der Waals surface area (Å²) in [5.41, 5.74) is 1.24. The van der Waals surface area contributed by atoms with Crippen LogP contribution in [0.5, 0.6) is 0 Å². The van der Waals surface area contributed by atoms with Crippen molar-refractivity contribution in [1.82, 2.24) is 10.5 Å². The molecule has 0 spiro atoms. The lowest BCUT2D eigenvalue weighted by Gasteiger charge is -2.31. The lowest BCUT2D eigenvalue weighted by Crippen LogP contribution is -2.58. The van der Waals surface area contributed by atoms with Gasteiger partial charge in [-0.2, -0.15) is 5.53 Å². The normalized spacial score (nSPS) is 10.9. The van der Waals surface area contributed by atoms with Crippen LogP contribution in [0.4, 0.5) is 0 Å². The molecule has 0 bridgehead atoms. The molecule has 0 fully saturated rings. The molecule has 0 aromatic heterocycles. The molecule has 0 aliphatic carbocycles. The Hall–Kier alpha value is -0.940. The highest BCUT2D eigenvalue weighted by molar-refractivity contribution is 5.78. The second kappa shape index (κ2) is 3.45. The molecule has 64 valence electrons. The fraction of sp³-hybridized carbons (Fsp3) is 0.667. The molecule has 0 unspecified atom stereocenters. The molecular weight excluding hydrogens is 146 g/mol. The van der Waals surface area contributed by atoms with Crippen molar-refractivity contribution in [3.63, 3.8) is 0 Å². The van der Waals surface area contributed by atoms with Crippen LogP contribution in [0.25, 0.3) is 0 Å². The summed E-state index contributed by atoms with van der Waals surface area (Å²) in [6, 6.07) is 0. The topological polar surface area (TPSA) is 75.4 Å². The Kier molecular flexibility index (Phi) is 3.16. The first-order valence-corrected chi connectivity index (χ1v) is 3.19. The summed E-state index contributed by atoms with van der Waals surface area (Å²) in [6.07, 6.45) is 0.647. The van der Waals surface area contributed by atoms with Gasteiger partial charge in [-0.25, -0.2) is 0 Å². The lowest BCUT2D eigenvalue weighted by atomic mass is 10.1. The van der Waals surface area contributed by atoms with Gasteiger partial charge in [0.15, 0.2) is 0 Å². The summed E-state index contributed by atoms with van der Waals surface area (Å²) in [5, 5.41) is 1.06. The van der Waals surface area contributed by atoms with Gasteiger partial charge in [0.1, 0.15) is 11.8 Å². The molecule has 0 aromatic rings. The zero-order valence-corrected chi connectivity index (χ0v) is 6.92. The smallest absolute Gasteiger partial charge is 0.235 e. The van der Waals surface area contributed by atoms with Crippen LogP contribution in [0.2, 0.25) is 0 Å². The Balaban J connectivity index is 4.48. The zero-order chi connectivity index (χ0) is 9.07. The van der Waals surface area contributed by atoms with Crippen molar-refractivity contribution in [3.05, 3.63) is 0 Å². The number of aldehydes is 1. The third-order valence-corrected chi connectivity index (χ3v) is 1.31. The van der Waals surface area contributed by atoms with Gasteiger partial charge in [-0.1, -0.05) is 0 Å².